The molecule has 1 heterocycles. The van der Waals surface area contributed by atoms with Crippen molar-refractivity contribution < 1.29 is 23.5 Å². The fourth-order valence-electron chi connectivity index (χ4n) is 2.88. The number of para-hydroxylation sites is 2. The standard InChI is InChI=1S/C19H17ClFNO4/c1-25-17-8-3-2-7-16(17)22-10-12(9-18(22)23)19(24)26-11-13-14(20)5-4-6-15(13)21/h2-8,12H,9-11H2,1H3/t12-/m0/s1. The molecule has 1 aliphatic rings. The summed E-state index contributed by atoms with van der Waals surface area (Å²) in [7, 11) is 1.52. The van der Waals surface area contributed by atoms with E-state index in [1.54, 1.807) is 24.3 Å². The van der Waals surface area contributed by atoms with Crippen LogP contribution in [0.2, 0.25) is 5.02 Å². The van der Waals surface area contributed by atoms with Gasteiger partial charge in [0.05, 0.1) is 23.7 Å². The first-order valence-electron chi connectivity index (χ1n) is 8.04. The van der Waals surface area contributed by atoms with Crippen molar-refractivity contribution in [2.75, 3.05) is 18.6 Å². The first kappa shape index (κ1) is 18.2. The number of methoxy groups -OCH3 is 1. The summed E-state index contributed by atoms with van der Waals surface area (Å²) in [5.41, 5.74) is 0.723. The maximum absolute atomic E-state index is 13.8. The Morgan fingerprint density at radius 2 is 2.04 bits per heavy atom. The number of amides is 1. The van der Waals surface area contributed by atoms with Gasteiger partial charge < -0.3 is 14.4 Å². The zero-order chi connectivity index (χ0) is 18.7. The van der Waals surface area contributed by atoms with Crippen molar-refractivity contribution >= 4 is 29.2 Å². The summed E-state index contributed by atoms with van der Waals surface area (Å²) in [4.78, 5) is 26.1. The van der Waals surface area contributed by atoms with Gasteiger partial charge in [-0.05, 0) is 24.3 Å². The Kier molecular flexibility index (Phi) is 5.42. The topological polar surface area (TPSA) is 55.8 Å². The van der Waals surface area contributed by atoms with E-state index in [0.29, 0.717) is 11.4 Å². The highest BCUT2D eigenvalue weighted by molar-refractivity contribution is 6.31. The maximum atomic E-state index is 13.8. The van der Waals surface area contributed by atoms with Crippen LogP contribution in [0.3, 0.4) is 0 Å². The summed E-state index contributed by atoms with van der Waals surface area (Å²) >= 11 is 5.92. The zero-order valence-corrected chi connectivity index (χ0v) is 14.8. The highest BCUT2D eigenvalue weighted by Crippen LogP contribution is 2.33. The quantitative estimate of drug-likeness (QED) is 0.747. The van der Waals surface area contributed by atoms with Gasteiger partial charge in [0.2, 0.25) is 5.91 Å². The van der Waals surface area contributed by atoms with E-state index in [-0.39, 0.29) is 36.1 Å². The molecule has 0 unspecified atom stereocenters. The fourth-order valence-corrected chi connectivity index (χ4v) is 3.10. The summed E-state index contributed by atoms with van der Waals surface area (Å²) in [6, 6.07) is 11.3. The SMILES string of the molecule is COc1ccccc1N1C[C@@H](C(=O)OCc2c(F)cccc2Cl)CC1=O. The number of hydrogen-bond donors (Lipinski definition) is 0. The first-order chi connectivity index (χ1) is 12.5. The second kappa shape index (κ2) is 7.74. The van der Waals surface area contributed by atoms with Crippen LogP contribution in [-0.2, 0) is 20.9 Å². The third-order valence-electron chi connectivity index (χ3n) is 4.25. The second-order valence-electron chi connectivity index (χ2n) is 5.89. The lowest BCUT2D eigenvalue weighted by molar-refractivity contribution is -0.149. The third kappa shape index (κ3) is 3.65. The number of carbonyl (C=O) groups is 2. The molecule has 0 radical (unpaired) electrons. The molecule has 0 bridgehead atoms. The van der Waals surface area contributed by atoms with Gasteiger partial charge in [-0.25, -0.2) is 4.39 Å². The number of halogens is 2. The molecule has 0 aliphatic carbocycles. The molecule has 136 valence electrons. The molecular formula is C19H17ClFNO4. The van der Waals surface area contributed by atoms with E-state index in [4.69, 9.17) is 21.1 Å². The summed E-state index contributed by atoms with van der Waals surface area (Å²) in [5, 5.41) is 0.191. The predicted octanol–water partition coefficient (Wildman–Crippen LogP) is 3.58. The number of benzene rings is 2. The Labute approximate surface area is 155 Å². The summed E-state index contributed by atoms with van der Waals surface area (Å²) in [6.45, 7) is -0.0905. The normalized spacial score (nSPS) is 16.7. The van der Waals surface area contributed by atoms with E-state index in [0.717, 1.165) is 0 Å². The number of esters is 1. The van der Waals surface area contributed by atoms with Gasteiger partial charge in [-0.2, -0.15) is 0 Å². The molecule has 2 aromatic rings. The van der Waals surface area contributed by atoms with Crippen molar-refractivity contribution in [3.63, 3.8) is 0 Å². The highest BCUT2D eigenvalue weighted by atomic mass is 35.5. The van der Waals surface area contributed by atoms with Crippen molar-refractivity contribution in [1.29, 1.82) is 0 Å². The first-order valence-corrected chi connectivity index (χ1v) is 8.42. The minimum atomic E-state index is -0.627. The minimum absolute atomic E-state index is 0.0296. The third-order valence-corrected chi connectivity index (χ3v) is 4.61. The molecule has 1 fully saturated rings. The molecule has 3 rings (SSSR count). The molecule has 7 heteroatoms. The number of nitrogens with zero attached hydrogens (tertiary/aromatic N) is 1. The Balaban J connectivity index is 1.67. The van der Waals surface area contributed by atoms with E-state index in [1.807, 2.05) is 0 Å². The molecule has 0 N–H and O–H groups in total. The molecular weight excluding hydrogens is 361 g/mol. The van der Waals surface area contributed by atoms with Crippen molar-refractivity contribution in [2.45, 2.75) is 13.0 Å². The van der Waals surface area contributed by atoms with E-state index >= 15 is 0 Å². The Morgan fingerprint density at radius 1 is 1.27 bits per heavy atom. The van der Waals surface area contributed by atoms with Crippen LogP contribution in [0.1, 0.15) is 12.0 Å². The van der Waals surface area contributed by atoms with Gasteiger partial charge in [0.1, 0.15) is 18.2 Å². The Hall–Kier alpha value is -2.60. The number of rotatable bonds is 5. The molecule has 5 nitrogen and oxygen atoms in total. The van der Waals surface area contributed by atoms with E-state index in [9.17, 15) is 14.0 Å². The van der Waals surface area contributed by atoms with Gasteiger partial charge in [0, 0.05) is 18.5 Å². The summed E-state index contributed by atoms with van der Waals surface area (Å²) in [6.07, 6.45) is 0.0296. The molecule has 1 saturated heterocycles. The lowest BCUT2D eigenvalue weighted by Crippen LogP contribution is -2.26. The molecule has 1 aliphatic heterocycles. The molecule has 0 aromatic heterocycles. The average molecular weight is 378 g/mol. The van der Waals surface area contributed by atoms with Crippen LogP contribution in [0.25, 0.3) is 0 Å². The van der Waals surface area contributed by atoms with Crippen LogP contribution in [0, 0.1) is 11.7 Å². The van der Waals surface area contributed by atoms with E-state index in [1.165, 1.54) is 30.2 Å². The van der Waals surface area contributed by atoms with Crippen molar-refractivity contribution in [3.05, 3.63) is 58.9 Å². The number of ether oxygens (including phenoxy) is 2. The Bertz CT molecular complexity index is 822. The highest BCUT2D eigenvalue weighted by Gasteiger charge is 2.37. The minimum Gasteiger partial charge on any atom is -0.495 e. The van der Waals surface area contributed by atoms with Crippen LogP contribution in [-0.4, -0.2) is 25.5 Å². The average Bonchev–Trinajstić information content (AvgIpc) is 3.02. The molecule has 0 spiro atoms. The van der Waals surface area contributed by atoms with Gasteiger partial charge in [-0.3, -0.25) is 9.59 Å². The van der Waals surface area contributed by atoms with E-state index in [2.05, 4.69) is 0 Å². The lowest BCUT2D eigenvalue weighted by atomic mass is 10.1. The number of carbonyl (C=O) groups excluding carboxylic acids is 2. The largest absolute Gasteiger partial charge is 0.495 e. The molecule has 1 atom stereocenters. The maximum Gasteiger partial charge on any atom is 0.311 e. The number of hydrogen-bond acceptors (Lipinski definition) is 4. The monoisotopic (exact) mass is 377 g/mol. The van der Waals surface area contributed by atoms with E-state index < -0.39 is 17.7 Å². The lowest BCUT2D eigenvalue weighted by Gasteiger charge is -2.19. The molecule has 2 aromatic carbocycles. The van der Waals surface area contributed by atoms with Crippen LogP contribution in [0.5, 0.6) is 5.75 Å². The van der Waals surface area contributed by atoms with Crippen molar-refractivity contribution in [3.8, 4) is 5.75 Å². The molecule has 0 saturated carbocycles. The predicted molar refractivity (Wildman–Crippen MR) is 94.7 cm³/mol. The van der Waals surface area contributed by atoms with Gasteiger partial charge in [-0.15, -0.1) is 0 Å². The molecule has 26 heavy (non-hydrogen) atoms. The summed E-state index contributed by atoms with van der Waals surface area (Å²) in [5.74, 6) is -1.37. The molecule has 1 amide bonds. The van der Waals surface area contributed by atoms with Crippen LogP contribution in [0.15, 0.2) is 42.5 Å². The zero-order valence-electron chi connectivity index (χ0n) is 14.1. The van der Waals surface area contributed by atoms with Crippen LogP contribution < -0.4 is 9.64 Å². The van der Waals surface area contributed by atoms with Gasteiger partial charge in [0.15, 0.2) is 0 Å². The summed E-state index contributed by atoms with van der Waals surface area (Å²) < 4.78 is 24.2. The van der Waals surface area contributed by atoms with Gasteiger partial charge >= 0.3 is 5.97 Å². The second-order valence-corrected chi connectivity index (χ2v) is 6.29. The Morgan fingerprint density at radius 3 is 2.77 bits per heavy atom. The fraction of sp³-hybridized carbons (Fsp3) is 0.263. The van der Waals surface area contributed by atoms with Gasteiger partial charge in [-0.1, -0.05) is 29.8 Å². The number of anilines is 1. The van der Waals surface area contributed by atoms with Crippen molar-refractivity contribution in [1.82, 2.24) is 0 Å². The van der Waals surface area contributed by atoms with Crippen LogP contribution in [0.4, 0.5) is 10.1 Å². The smallest absolute Gasteiger partial charge is 0.311 e. The van der Waals surface area contributed by atoms with Crippen molar-refractivity contribution in [2.24, 2.45) is 5.92 Å². The van der Waals surface area contributed by atoms with Gasteiger partial charge in [0.25, 0.3) is 0 Å². The van der Waals surface area contributed by atoms with Crippen LogP contribution >= 0.6 is 11.6 Å².